The van der Waals surface area contributed by atoms with Crippen molar-refractivity contribution in [1.82, 2.24) is 10.2 Å². The SMILES string of the molecule is CSCC[C@@H](NC(=O)N1CC2CCC(C1)O2)C(=O)O. The van der Waals surface area contributed by atoms with Crippen molar-refractivity contribution < 1.29 is 19.4 Å². The van der Waals surface area contributed by atoms with Gasteiger partial charge in [-0.1, -0.05) is 0 Å². The first-order valence-corrected chi connectivity index (χ1v) is 7.92. The maximum absolute atomic E-state index is 12.1. The number of nitrogens with one attached hydrogen (secondary N) is 1. The van der Waals surface area contributed by atoms with Crippen molar-refractivity contribution in [2.24, 2.45) is 0 Å². The summed E-state index contributed by atoms with van der Waals surface area (Å²) in [4.78, 5) is 24.9. The maximum atomic E-state index is 12.1. The Kier molecular flexibility index (Phi) is 4.93. The Labute approximate surface area is 116 Å². The number of ether oxygens (including phenoxy) is 1. The van der Waals surface area contributed by atoms with E-state index < -0.39 is 12.0 Å². The number of amides is 2. The Hall–Kier alpha value is -0.950. The molecule has 108 valence electrons. The van der Waals surface area contributed by atoms with Gasteiger partial charge in [0, 0.05) is 13.1 Å². The molecule has 0 saturated carbocycles. The zero-order valence-electron chi connectivity index (χ0n) is 11.0. The molecule has 7 heteroatoms. The number of likely N-dealkylation sites (tertiary alicyclic amines) is 1. The van der Waals surface area contributed by atoms with Crippen LogP contribution in [-0.2, 0) is 9.53 Å². The largest absolute Gasteiger partial charge is 0.480 e. The highest BCUT2D eigenvalue weighted by atomic mass is 32.2. The lowest BCUT2D eigenvalue weighted by molar-refractivity contribution is -0.139. The minimum absolute atomic E-state index is 0.124. The molecule has 2 rings (SSSR count). The number of carbonyl (C=O) groups is 2. The van der Waals surface area contributed by atoms with Crippen molar-refractivity contribution >= 4 is 23.8 Å². The van der Waals surface area contributed by atoms with E-state index in [9.17, 15) is 9.59 Å². The van der Waals surface area contributed by atoms with Crippen LogP contribution in [0.15, 0.2) is 0 Å². The second-order valence-corrected chi connectivity index (χ2v) is 5.97. The van der Waals surface area contributed by atoms with E-state index in [2.05, 4.69) is 5.32 Å². The molecule has 0 aromatic carbocycles. The number of nitrogens with zero attached hydrogens (tertiary/aromatic N) is 1. The van der Waals surface area contributed by atoms with E-state index in [0.717, 1.165) is 12.8 Å². The van der Waals surface area contributed by atoms with Crippen molar-refractivity contribution in [3.63, 3.8) is 0 Å². The average molecular weight is 288 g/mol. The summed E-state index contributed by atoms with van der Waals surface area (Å²) in [5.41, 5.74) is 0. The fourth-order valence-electron chi connectivity index (χ4n) is 2.51. The smallest absolute Gasteiger partial charge is 0.326 e. The van der Waals surface area contributed by atoms with Crippen LogP contribution in [-0.4, -0.2) is 65.4 Å². The lowest BCUT2D eigenvalue weighted by Crippen LogP contribution is -2.53. The summed E-state index contributed by atoms with van der Waals surface area (Å²) in [6, 6.07) is -1.09. The van der Waals surface area contributed by atoms with Crippen LogP contribution < -0.4 is 5.32 Å². The minimum atomic E-state index is -0.973. The monoisotopic (exact) mass is 288 g/mol. The molecule has 2 amide bonds. The molecule has 0 aliphatic carbocycles. The van der Waals surface area contributed by atoms with Gasteiger partial charge in [0.1, 0.15) is 6.04 Å². The highest BCUT2D eigenvalue weighted by Crippen LogP contribution is 2.26. The molecular weight excluding hydrogens is 268 g/mol. The van der Waals surface area contributed by atoms with Gasteiger partial charge in [-0.05, 0) is 31.3 Å². The molecule has 0 spiro atoms. The van der Waals surface area contributed by atoms with E-state index in [-0.39, 0.29) is 18.2 Å². The van der Waals surface area contributed by atoms with Crippen LogP contribution in [0.2, 0.25) is 0 Å². The molecule has 2 saturated heterocycles. The number of aliphatic carboxylic acids is 1. The topological polar surface area (TPSA) is 78.9 Å². The third kappa shape index (κ3) is 3.76. The fraction of sp³-hybridized carbons (Fsp3) is 0.833. The predicted octanol–water partition coefficient (Wildman–Crippen LogP) is 0.765. The summed E-state index contributed by atoms with van der Waals surface area (Å²) >= 11 is 1.57. The second kappa shape index (κ2) is 6.47. The Bertz CT molecular complexity index is 341. The highest BCUT2D eigenvalue weighted by Gasteiger charge is 2.36. The number of morpholine rings is 1. The van der Waals surface area contributed by atoms with Gasteiger partial charge < -0.3 is 20.1 Å². The molecule has 6 nitrogen and oxygen atoms in total. The van der Waals surface area contributed by atoms with Gasteiger partial charge in [-0.25, -0.2) is 9.59 Å². The molecule has 0 radical (unpaired) electrons. The van der Waals surface area contributed by atoms with Gasteiger partial charge in [0.2, 0.25) is 0 Å². The fourth-order valence-corrected chi connectivity index (χ4v) is 2.99. The molecule has 2 aliphatic heterocycles. The number of rotatable bonds is 5. The standard InChI is InChI=1S/C12H20N2O4S/c1-19-5-4-10(11(15)16)13-12(17)14-6-8-2-3-9(7-14)18-8/h8-10H,2-7H2,1H3,(H,13,17)(H,15,16)/t8?,9?,10-/m1/s1. The molecule has 3 atom stereocenters. The first-order chi connectivity index (χ1) is 9.10. The van der Waals surface area contributed by atoms with Crippen LogP contribution in [0.25, 0.3) is 0 Å². The number of hydrogen-bond donors (Lipinski definition) is 2. The molecule has 2 aliphatic rings. The molecule has 2 bridgehead atoms. The van der Waals surface area contributed by atoms with Gasteiger partial charge >= 0.3 is 12.0 Å². The van der Waals surface area contributed by atoms with Crippen LogP contribution in [0.1, 0.15) is 19.3 Å². The van der Waals surface area contributed by atoms with Crippen molar-refractivity contribution in [1.29, 1.82) is 0 Å². The van der Waals surface area contributed by atoms with E-state index in [1.165, 1.54) is 0 Å². The van der Waals surface area contributed by atoms with Crippen molar-refractivity contribution in [2.75, 3.05) is 25.1 Å². The second-order valence-electron chi connectivity index (χ2n) is 4.98. The molecule has 19 heavy (non-hydrogen) atoms. The number of hydrogen-bond acceptors (Lipinski definition) is 4. The number of carbonyl (C=O) groups excluding carboxylic acids is 1. The quantitative estimate of drug-likeness (QED) is 0.781. The number of urea groups is 1. The molecule has 2 N–H and O–H groups in total. The molecule has 0 aromatic rings. The van der Waals surface area contributed by atoms with E-state index in [1.807, 2.05) is 6.26 Å². The highest BCUT2D eigenvalue weighted by molar-refractivity contribution is 7.98. The lowest BCUT2D eigenvalue weighted by Gasteiger charge is -2.32. The van der Waals surface area contributed by atoms with E-state index in [1.54, 1.807) is 16.7 Å². The van der Waals surface area contributed by atoms with Gasteiger partial charge in [-0.3, -0.25) is 0 Å². The Morgan fingerprint density at radius 3 is 2.58 bits per heavy atom. The zero-order chi connectivity index (χ0) is 13.8. The lowest BCUT2D eigenvalue weighted by atomic mass is 10.2. The number of fused-ring (bicyclic) bond motifs is 2. The van der Waals surface area contributed by atoms with E-state index in [4.69, 9.17) is 9.84 Å². The first kappa shape index (κ1) is 14.5. The van der Waals surface area contributed by atoms with Gasteiger partial charge in [-0.15, -0.1) is 0 Å². The van der Waals surface area contributed by atoms with Crippen LogP contribution >= 0.6 is 11.8 Å². The van der Waals surface area contributed by atoms with Gasteiger partial charge in [0.25, 0.3) is 0 Å². The summed E-state index contributed by atoms with van der Waals surface area (Å²) in [6.07, 6.45) is 4.59. The number of carboxylic acid groups (broad SMARTS) is 1. The predicted molar refractivity (Wildman–Crippen MR) is 72.4 cm³/mol. The summed E-state index contributed by atoms with van der Waals surface area (Å²) in [6.45, 7) is 1.13. The Balaban J connectivity index is 1.86. The molecule has 2 heterocycles. The molecule has 2 unspecified atom stereocenters. The molecule has 2 fully saturated rings. The summed E-state index contributed by atoms with van der Waals surface area (Å²) in [5.74, 6) is -0.260. The Morgan fingerprint density at radius 2 is 2.05 bits per heavy atom. The summed E-state index contributed by atoms with van der Waals surface area (Å²) in [7, 11) is 0. The third-order valence-electron chi connectivity index (χ3n) is 3.54. The van der Waals surface area contributed by atoms with Crippen LogP contribution in [0.5, 0.6) is 0 Å². The Morgan fingerprint density at radius 1 is 1.42 bits per heavy atom. The van der Waals surface area contributed by atoms with Crippen LogP contribution in [0.4, 0.5) is 4.79 Å². The average Bonchev–Trinajstić information content (AvgIpc) is 2.72. The summed E-state index contributed by atoms with van der Waals surface area (Å²) in [5, 5.41) is 11.7. The van der Waals surface area contributed by atoms with Crippen molar-refractivity contribution in [3.8, 4) is 0 Å². The van der Waals surface area contributed by atoms with Crippen molar-refractivity contribution in [3.05, 3.63) is 0 Å². The maximum Gasteiger partial charge on any atom is 0.326 e. The summed E-state index contributed by atoms with van der Waals surface area (Å²) < 4.78 is 5.65. The van der Waals surface area contributed by atoms with Gasteiger partial charge in [0.05, 0.1) is 12.2 Å². The van der Waals surface area contributed by atoms with E-state index >= 15 is 0 Å². The van der Waals surface area contributed by atoms with Crippen molar-refractivity contribution in [2.45, 2.75) is 37.5 Å². The van der Waals surface area contributed by atoms with Gasteiger partial charge in [0.15, 0.2) is 0 Å². The molecule has 0 aromatic heterocycles. The zero-order valence-corrected chi connectivity index (χ0v) is 11.8. The minimum Gasteiger partial charge on any atom is -0.480 e. The number of carboxylic acids is 1. The van der Waals surface area contributed by atoms with Crippen LogP contribution in [0.3, 0.4) is 0 Å². The normalized spacial score (nSPS) is 27.1. The number of thioether (sulfide) groups is 1. The third-order valence-corrected chi connectivity index (χ3v) is 4.18. The van der Waals surface area contributed by atoms with Gasteiger partial charge in [-0.2, -0.15) is 11.8 Å². The van der Waals surface area contributed by atoms with Crippen LogP contribution in [0, 0.1) is 0 Å². The molecular formula is C12H20N2O4S. The van der Waals surface area contributed by atoms with E-state index in [0.29, 0.717) is 25.3 Å². The first-order valence-electron chi connectivity index (χ1n) is 6.52.